The zero-order chi connectivity index (χ0) is 22.1. The zero-order valence-corrected chi connectivity index (χ0v) is 17.4. The van der Waals surface area contributed by atoms with Gasteiger partial charge in [0.25, 0.3) is 5.56 Å². The molecule has 31 heavy (non-hydrogen) atoms. The molecule has 2 aromatic carbocycles. The number of aromatic nitrogens is 1. The van der Waals surface area contributed by atoms with Crippen LogP contribution in [0.2, 0.25) is 0 Å². The Hall–Kier alpha value is -3.25. The van der Waals surface area contributed by atoms with Crippen molar-refractivity contribution in [3.63, 3.8) is 0 Å². The smallest absolute Gasteiger partial charge is 0.309 e. The van der Waals surface area contributed by atoms with E-state index in [0.717, 1.165) is 16.5 Å². The molecule has 0 saturated carbocycles. The highest BCUT2D eigenvalue weighted by atomic mass is 19.1. The Morgan fingerprint density at radius 3 is 2.42 bits per heavy atom. The van der Waals surface area contributed by atoms with E-state index in [4.69, 9.17) is 4.74 Å². The van der Waals surface area contributed by atoms with Gasteiger partial charge in [0.15, 0.2) is 0 Å². The second kappa shape index (κ2) is 8.47. The first kappa shape index (κ1) is 21.0. The number of fused-ring (bicyclic) bond motifs is 1. The number of aliphatic hydroxyl groups is 1. The average molecular weight is 421 g/mol. The summed E-state index contributed by atoms with van der Waals surface area (Å²) in [6.45, 7) is 3.85. The normalized spacial score (nSPS) is 19.3. The van der Waals surface area contributed by atoms with E-state index >= 15 is 0 Å². The van der Waals surface area contributed by atoms with Gasteiger partial charge in [-0.1, -0.05) is 30.3 Å². The highest BCUT2D eigenvalue weighted by Gasteiger charge is 2.26. The van der Waals surface area contributed by atoms with Gasteiger partial charge in [0.05, 0.1) is 18.2 Å². The number of hydrogen-bond acceptors (Lipinski definition) is 4. The summed E-state index contributed by atoms with van der Waals surface area (Å²) in [4.78, 5) is 25.0. The monoisotopic (exact) mass is 421 g/mol. The van der Waals surface area contributed by atoms with Crippen LogP contribution in [0.1, 0.15) is 38.4 Å². The molecule has 0 amide bonds. The maximum atomic E-state index is 13.6. The number of carbonyl (C=O) groups excluding carboxylic acids is 1. The van der Waals surface area contributed by atoms with E-state index in [0.29, 0.717) is 17.5 Å². The fraction of sp³-hybridized carbons (Fsp3) is 0.280. The van der Waals surface area contributed by atoms with Gasteiger partial charge in [-0.05, 0) is 55.1 Å². The minimum absolute atomic E-state index is 0.0160. The first-order chi connectivity index (χ1) is 14.8. The predicted molar refractivity (Wildman–Crippen MR) is 118 cm³/mol. The van der Waals surface area contributed by atoms with Crippen LogP contribution in [0.3, 0.4) is 0 Å². The number of aliphatic hydroxyl groups excluding tert-OH is 1. The topological polar surface area (TPSA) is 68.5 Å². The summed E-state index contributed by atoms with van der Waals surface area (Å²) in [6.07, 6.45) is 2.42. The highest BCUT2D eigenvalue weighted by Crippen LogP contribution is 2.33. The summed E-state index contributed by atoms with van der Waals surface area (Å²) >= 11 is 0. The lowest BCUT2D eigenvalue weighted by Crippen LogP contribution is -2.31. The second-order valence-electron chi connectivity index (χ2n) is 8.06. The van der Waals surface area contributed by atoms with Crippen LogP contribution < -0.4 is 5.56 Å². The molecule has 6 heteroatoms. The van der Waals surface area contributed by atoms with Crippen LogP contribution in [0.25, 0.3) is 28.0 Å². The van der Waals surface area contributed by atoms with Gasteiger partial charge in [-0.25, -0.2) is 4.39 Å². The van der Waals surface area contributed by atoms with Crippen LogP contribution in [0.4, 0.5) is 4.39 Å². The van der Waals surface area contributed by atoms with E-state index in [1.807, 2.05) is 32.0 Å². The Balaban J connectivity index is 1.97. The third-order valence-corrected chi connectivity index (χ3v) is 5.47. The number of carbonyl (C=O) groups is 1. The summed E-state index contributed by atoms with van der Waals surface area (Å²) in [7, 11) is 0. The summed E-state index contributed by atoms with van der Waals surface area (Å²) in [5, 5.41) is 11.2. The van der Waals surface area contributed by atoms with E-state index in [2.05, 4.69) is 0 Å². The molecule has 0 radical (unpaired) electrons. The number of nitrogens with zero attached hydrogens (tertiary/aromatic N) is 1. The van der Waals surface area contributed by atoms with Crippen molar-refractivity contribution in [2.45, 2.75) is 44.9 Å². The lowest BCUT2D eigenvalue weighted by atomic mass is 9.95. The Morgan fingerprint density at radius 1 is 1.10 bits per heavy atom. The molecule has 1 fully saturated rings. The van der Waals surface area contributed by atoms with Crippen molar-refractivity contribution in [3.05, 3.63) is 76.5 Å². The molecular weight excluding hydrogens is 397 g/mol. The Labute approximate surface area is 179 Å². The molecular formula is C25H24FNO4. The van der Waals surface area contributed by atoms with Gasteiger partial charge in [-0.3, -0.25) is 9.59 Å². The van der Waals surface area contributed by atoms with Crippen LogP contribution in [-0.2, 0) is 9.53 Å². The Bertz CT molecular complexity index is 1210. The van der Waals surface area contributed by atoms with Crippen molar-refractivity contribution in [2.75, 3.05) is 0 Å². The molecule has 4 rings (SSSR count). The molecule has 5 nitrogen and oxygen atoms in total. The molecule has 160 valence electrons. The zero-order valence-electron chi connectivity index (χ0n) is 17.4. The number of halogens is 1. The number of benzene rings is 2. The van der Waals surface area contributed by atoms with Crippen LogP contribution in [0.5, 0.6) is 0 Å². The molecule has 1 aromatic heterocycles. The first-order valence-electron chi connectivity index (χ1n) is 10.3. The van der Waals surface area contributed by atoms with E-state index in [-0.39, 0.29) is 23.8 Å². The lowest BCUT2D eigenvalue weighted by molar-refractivity contribution is -0.156. The number of cyclic esters (lactones) is 1. The van der Waals surface area contributed by atoms with E-state index in [1.165, 1.54) is 12.1 Å². The molecule has 1 saturated heterocycles. The van der Waals surface area contributed by atoms with Crippen molar-refractivity contribution in [3.8, 4) is 11.1 Å². The Kier molecular flexibility index (Phi) is 5.74. The number of ether oxygens (including phenoxy) is 1. The number of pyridine rings is 1. The Morgan fingerprint density at radius 2 is 1.77 bits per heavy atom. The van der Waals surface area contributed by atoms with Gasteiger partial charge < -0.3 is 14.4 Å². The van der Waals surface area contributed by atoms with Crippen LogP contribution >= 0.6 is 0 Å². The van der Waals surface area contributed by atoms with Gasteiger partial charge in [0.1, 0.15) is 11.9 Å². The maximum absolute atomic E-state index is 13.6. The molecule has 0 unspecified atom stereocenters. The minimum Gasteiger partial charge on any atom is -0.458 e. The first-order valence-corrected chi connectivity index (χ1v) is 10.3. The number of rotatable bonds is 4. The quantitative estimate of drug-likeness (QED) is 0.631. The van der Waals surface area contributed by atoms with E-state index < -0.39 is 18.2 Å². The van der Waals surface area contributed by atoms with Crippen molar-refractivity contribution >= 4 is 22.8 Å². The summed E-state index contributed by atoms with van der Waals surface area (Å²) in [5.41, 5.74) is 2.08. The van der Waals surface area contributed by atoms with Gasteiger partial charge in [-0.2, -0.15) is 0 Å². The lowest BCUT2D eigenvalue weighted by Gasteiger charge is -2.24. The van der Waals surface area contributed by atoms with Crippen LogP contribution in [0, 0.1) is 5.82 Å². The molecule has 0 aliphatic carbocycles. The van der Waals surface area contributed by atoms with Crippen molar-refractivity contribution in [1.29, 1.82) is 0 Å². The second-order valence-corrected chi connectivity index (χ2v) is 8.06. The third-order valence-electron chi connectivity index (χ3n) is 5.47. The maximum Gasteiger partial charge on any atom is 0.309 e. The molecule has 0 bridgehead atoms. The van der Waals surface area contributed by atoms with Gasteiger partial charge >= 0.3 is 5.97 Å². The molecule has 3 aromatic rings. The summed E-state index contributed by atoms with van der Waals surface area (Å²) in [5.74, 6) is -0.794. The molecule has 1 aliphatic heterocycles. The predicted octanol–water partition coefficient (Wildman–Crippen LogP) is 4.47. The fourth-order valence-corrected chi connectivity index (χ4v) is 4.11. The van der Waals surface area contributed by atoms with Crippen LogP contribution in [0.15, 0.2) is 59.4 Å². The average Bonchev–Trinajstić information content (AvgIpc) is 2.72. The summed E-state index contributed by atoms with van der Waals surface area (Å²) < 4.78 is 20.6. The molecule has 1 N–H and O–H groups in total. The van der Waals surface area contributed by atoms with E-state index in [1.54, 1.807) is 34.9 Å². The molecule has 0 spiro atoms. The minimum atomic E-state index is -0.753. The van der Waals surface area contributed by atoms with E-state index in [9.17, 15) is 19.1 Å². The SMILES string of the molecule is CC(C)n1c(C=C[C@H]2C[C@H](O)CC(=O)O2)c(-c2ccc(F)cc2)c2ccccc2c1=O. The molecule has 1 aliphatic rings. The van der Waals surface area contributed by atoms with Gasteiger partial charge in [0.2, 0.25) is 0 Å². The third kappa shape index (κ3) is 4.16. The van der Waals surface area contributed by atoms with Gasteiger partial charge in [-0.15, -0.1) is 0 Å². The number of hydrogen-bond donors (Lipinski definition) is 1. The largest absolute Gasteiger partial charge is 0.458 e. The highest BCUT2D eigenvalue weighted by molar-refractivity contribution is 5.99. The molecule has 2 heterocycles. The summed E-state index contributed by atoms with van der Waals surface area (Å²) in [6, 6.07) is 13.4. The standard InChI is InChI=1S/C25H24FNO4/c1-15(2)27-22(12-11-19-13-18(28)14-23(29)31-19)24(16-7-9-17(26)10-8-16)20-5-3-4-6-21(20)25(27)30/h3-12,15,18-19,28H,13-14H2,1-2H3/t18-,19-/m0/s1. The molecule has 2 atom stereocenters. The fourth-order valence-electron chi connectivity index (χ4n) is 4.11. The van der Waals surface area contributed by atoms with Crippen LogP contribution in [-0.4, -0.2) is 27.9 Å². The van der Waals surface area contributed by atoms with Gasteiger partial charge in [0, 0.05) is 23.4 Å². The van der Waals surface area contributed by atoms with Crippen molar-refractivity contribution < 1.29 is 19.0 Å². The number of esters is 1. The van der Waals surface area contributed by atoms with Crippen molar-refractivity contribution in [1.82, 2.24) is 4.57 Å². The van der Waals surface area contributed by atoms with Crippen molar-refractivity contribution in [2.24, 2.45) is 0 Å².